The number of aliphatic hydroxyl groups excluding tert-OH is 1. The fourth-order valence-electron chi connectivity index (χ4n) is 4.18. The van der Waals surface area contributed by atoms with E-state index in [0.29, 0.717) is 16.8 Å². The number of rotatable bonds is 7. The zero-order valence-corrected chi connectivity index (χ0v) is 22.3. The number of aliphatic hydroxyl groups is 1. The number of amides is 1. The van der Waals surface area contributed by atoms with Crippen molar-refractivity contribution in [1.29, 1.82) is 0 Å². The van der Waals surface area contributed by atoms with Gasteiger partial charge in [0, 0.05) is 5.56 Å². The van der Waals surface area contributed by atoms with Crippen LogP contribution in [0.15, 0.2) is 60.7 Å². The number of aryl methyl sites for hydroxylation is 2. The number of ketones is 1. The second-order valence-electron chi connectivity index (χ2n) is 9.25. The van der Waals surface area contributed by atoms with Crippen LogP contribution in [0.2, 0.25) is 0 Å². The number of benzene rings is 2. The summed E-state index contributed by atoms with van der Waals surface area (Å²) in [6.45, 7) is 10.8. The molecule has 2 heterocycles. The Balaban J connectivity index is 1.90. The summed E-state index contributed by atoms with van der Waals surface area (Å²) in [5.74, 6) is -3.30. The van der Waals surface area contributed by atoms with Crippen LogP contribution in [0, 0.1) is 19.7 Å². The van der Waals surface area contributed by atoms with Crippen LogP contribution in [0.1, 0.15) is 63.4 Å². The van der Waals surface area contributed by atoms with Crippen LogP contribution >= 0.6 is 11.3 Å². The van der Waals surface area contributed by atoms with Crippen molar-refractivity contribution in [3.05, 3.63) is 99.3 Å². The topological polar surface area (TPSA) is 96.8 Å². The number of anilines is 1. The first-order chi connectivity index (χ1) is 18.0. The van der Waals surface area contributed by atoms with Gasteiger partial charge in [-0.25, -0.2) is 14.2 Å². The molecule has 1 fully saturated rings. The number of aromatic nitrogens is 1. The molecule has 1 saturated heterocycles. The number of nitrogens with zero attached hydrogens (tertiary/aromatic N) is 2. The molecule has 1 aromatic heterocycles. The quantitative estimate of drug-likeness (QED) is 0.131. The number of carbonyl (C=O) groups is 3. The van der Waals surface area contributed by atoms with Crippen LogP contribution in [0.3, 0.4) is 0 Å². The van der Waals surface area contributed by atoms with Crippen molar-refractivity contribution in [1.82, 2.24) is 4.98 Å². The van der Waals surface area contributed by atoms with Gasteiger partial charge in [-0.2, -0.15) is 0 Å². The molecule has 1 aliphatic rings. The maximum Gasteiger partial charge on any atom is 0.350 e. The average molecular weight is 535 g/mol. The molecule has 1 aliphatic heterocycles. The molecule has 0 bridgehead atoms. The molecule has 0 radical (unpaired) electrons. The Bertz CT molecular complexity index is 1470. The SMILES string of the molecule is C=CCOC(=O)c1sc(N2C(=O)C(=O)/C(=C(/O)c3ccc(C)c(F)c3)C2c2ccc(C(C)C)cc2)nc1C. The summed E-state index contributed by atoms with van der Waals surface area (Å²) >= 11 is 0.910. The molecule has 0 aliphatic carbocycles. The minimum absolute atomic E-state index is 0.00529. The fraction of sp³-hybridized carbons (Fsp3) is 0.241. The van der Waals surface area contributed by atoms with Crippen LogP contribution < -0.4 is 4.90 Å². The van der Waals surface area contributed by atoms with Crippen molar-refractivity contribution in [2.24, 2.45) is 0 Å². The van der Waals surface area contributed by atoms with E-state index in [-0.39, 0.29) is 33.7 Å². The molecule has 0 saturated carbocycles. The second-order valence-corrected chi connectivity index (χ2v) is 10.2. The van der Waals surface area contributed by atoms with E-state index in [1.807, 2.05) is 26.0 Å². The Hall–Kier alpha value is -4.11. The highest BCUT2D eigenvalue weighted by molar-refractivity contribution is 7.17. The third-order valence-corrected chi connectivity index (χ3v) is 7.45. The molecule has 1 amide bonds. The van der Waals surface area contributed by atoms with Gasteiger partial charge >= 0.3 is 11.9 Å². The van der Waals surface area contributed by atoms with Crippen LogP contribution in [0.4, 0.5) is 9.52 Å². The highest BCUT2D eigenvalue weighted by Gasteiger charge is 2.48. The fourth-order valence-corrected chi connectivity index (χ4v) is 5.17. The van der Waals surface area contributed by atoms with Gasteiger partial charge in [0.25, 0.3) is 5.78 Å². The lowest BCUT2D eigenvalue weighted by atomic mass is 9.93. The van der Waals surface area contributed by atoms with Crippen LogP contribution in [-0.4, -0.2) is 34.4 Å². The lowest BCUT2D eigenvalue weighted by Crippen LogP contribution is -2.29. The van der Waals surface area contributed by atoms with Gasteiger partial charge in [0.15, 0.2) is 5.13 Å². The van der Waals surface area contributed by atoms with Gasteiger partial charge in [0.2, 0.25) is 0 Å². The highest BCUT2D eigenvalue weighted by atomic mass is 32.1. The number of halogens is 1. The van der Waals surface area contributed by atoms with E-state index in [9.17, 15) is 23.9 Å². The summed E-state index contributed by atoms with van der Waals surface area (Å²) in [7, 11) is 0. The van der Waals surface area contributed by atoms with E-state index >= 15 is 0 Å². The van der Waals surface area contributed by atoms with E-state index in [1.165, 1.54) is 23.1 Å². The molecular formula is C29H27FN2O5S. The van der Waals surface area contributed by atoms with E-state index in [2.05, 4.69) is 11.6 Å². The average Bonchev–Trinajstić information content (AvgIpc) is 3.40. The molecule has 1 unspecified atom stereocenters. The number of carbonyl (C=O) groups excluding carboxylic acids is 3. The number of hydrogen-bond acceptors (Lipinski definition) is 7. The Labute approximate surface area is 223 Å². The monoisotopic (exact) mass is 534 g/mol. The standard InChI is InChI=1S/C29H27FN2O5S/c1-6-13-37-28(36)26-17(5)31-29(38-26)32-23(19-11-9-18(10-12-19)15(2)3)22(25(34)27(32)35)24(33)20-8-7-16(4)21(30)14-20/h6-12,14-15,23,33H,1,13H2,2-5H3/b24-22+. The zero-order valence-electron chi connectivity index (χ0n) is 21.4. The molecule has 196 valence electrons. The molecule has 2 aromatic carbocycles. The van der Waals surface area contributed by atoms with Crippen molar-refractivity contribution in [3.8, 4) is 0 Å². The first-order valence-electron chi connectivity index (χ1n) is 12.0. The summed E-state index contributed by atoms with van der Waals surface area (Å²) < 4.78 is 19.5. The third-order valence-electron chi connectivity index (χ3n) is 6.32. The smallest absolute Gasteiger partial charge is 0.350 e. The summed E-state index contributed by atoms with van der Waals surface area (Å²) in [6.07, 6.45) is 1.43. The zero-order chi connectivity index (χ0) is 27.7. The van der Waals surface area contributed by atoms with E-state index < -0.39 is 35.3 Å². The molecule has 1 atom stereocenters. The Morgan fingerprint density at radius 1 is 1.21 bits per heavy atom. The van der Waals surface area contributed by atoms with Crippen LogP contribution in [0.25, 0.3) is 5.76 Å². The number of Topliss-reactive ketones (excluding diaryl/α,β-unsaturated/α-hetero) is 1. The number of thiazole rings is 1. The van der Waals surface area contributed by atoms with Crippen molar-refractivity contribution in [3.63, 3.8) is 0 Å². The lowest BCUT2D eigenvalue weighted by Gasteiger charge is -2.23. The Kier molecular flexibility index (Phi) is 7.59. The molecule has 9 heteroatoms. The maximum atomic E-state index is 14.3. The summed E-state index contributed by atoms with van der Waals surface area (Å²) in [6, 6.07) is 10.4. The van der Waals surface area contributed by atoms with Gasteiger partial charge in [-0.3, -0.25) is 14.5 Å². The molecule has 4 rings (SSSR count). The third kappa shape index (κ3) is 4.89. The largest absolute Gasteiger partial charge is 0.507 e. The molecule has 38 heavy (non-hydrogen) atoms. The van der Waals surface area contributed by atoms with E-state index in [4.69, 9.17) is 4.74 Å². The van der Waals surface area contributed by atoms with E-state index in [0.717, 1.165) is 23.0 Å². The summed E-state index contributed by atoms with van der Waals surface area (Å²) in [5.41, 5.74) is 2.17. The van der Waals surface area contributed by atoms with E-state index in [1.54, 1.807) is 26.0 Å². The Morgan fingerprint density at radius 2 is 1.89 bits per heavy atom. The normalized spacial score (nSPS) is 16.8. The highest BCUT2D eigenvalue weighted by Crippen LogP contribution is 2.44. The molecule has 1 N–H and O–H groups in total. The van der Waals surface area contributed by atoms with Crippen molar-refractivity contribution in [2.45, 2.75) is 39.7 Å². The number of hydrogen-bond donors (Lipinski definition) is 1. The van der Waals surface area contributed by atoms with Crippen LogP contribution in [-0.2, 0) is 14.3 Å². The van der Waals surface area contributed by atoms with Gasteiger partial charge in [-0.15, -0.1) is 0 Å². The van der Waals surface area contributed by atoms with Crippen molar-refractivity contribution >= 4 is 39.9 Å². The van der Waals surface area contributed by atoms with Gasteiger partial charge in [-0.1, -0.05) is 74.2 Å². The molecule has 3 aromatic rings. The van der Waals surface area contributed by atoms with Crippen molar-refractivity contribution in [2.75, 3.05) is 11.5 Å². The molecule has 0 spiro atoms. The van der Waals surface area contributed by atoms with Gasteiger partial charge in [0.05, 0.1) is 17.3 Å². The predicted octanol–water partition coefficient (Wildman–Crippen LogP) is 5.99. The first kappa shape index (κ1) is 26.9. The minimum atomic E-state index is -1.05. The first-order valence-corrected chi connectivity index (χ1v) is 12.8. The number of esters is 1. The van der Waals surface area contributed by atoms with Gasteiger partial charge in [-0.05, 0) is 42.5 Å². The summed E-state index contributed by atoms with van der Waals surface area (Å²) in [5, 5.41) is 11.3. The lowest BCUT2D eigenvalue weighted by molar-refractivity contribution is -0.132. The minimum Gasteiger partial charge on any atom is -0.507 e. The predicted molar refractivity (Wildman–Crippen MR) is 144 cm³/mol. The van der Waals surface area contributed by atoms with Crippen LogP contribution in [0.5, 0.6) is 0 Å². The molecular weight excluding hydrogens is 507 g/mol. The Morgan fingerprint density at radius 3 is 2.50 bits per heavy atom. The molecule has 7 nitrogen and oxygen atoms in total. The van der Waals surface area contributed by atoms with Gasteiger partial charge in [0.1, 0.15) is 23.1 Å². The maximum absolute atomic E-state index is 14.3. The number of ether oxygens (including phenoxy) is 1. The van der Waals surface area contributed by atoms with Gasteiger partial charge < -0.3 is 9.84 Å². The summed E-state index contributed by atoms with van der Waals surface area (Å²) in [4.78, 5) is 45.0. The van der Waals surface area contributed by atoms with Crippen molar-refractivity contribution < 1.29 is 28.6 Å². The second kappa shape index (κ2) is 10.7.